The second-order valence-corrected chi connectivity index (χ2v) is 11.0. The molecule has 3 aliphatic rings. The van der Waals surface area contributed by atoms with Crippen molar-refractivity contribution in [3.05, 3.63) is 17.7 Å². The fourth-order valence-electron chi connectivity index (χ4n) is 6.09. The number of aliphatic hydroxyl groups is 1. The topological polar surface area (TPSA) is 149 Å². The number of unbranched alkanes of at least 4 members (excludes halogenated alkanes) is 1. The number of imide groups is 1. The molecule has 0 spiro atoms. The number of fused-ring (bicyclic) bond motifs is 1. The van der Waals surface area contributed by atoms with Crippen molar-refractivity contribution in [2.45, 2.75) is 51.0 Å². The molecule has 3 aliphatic heterocycles. The van der Waals surface area contributed by atoms with Gasteiger partial charge >= 0.3 is 12.0 Å². The van der Waals surface area contributed by atoms with Crippen LogP contribution >= 0.6 is 0 Å². The summed E-state index contributed by atoms with van der Waals surface area (Å²) < 4.78 is 16.6. The SMILES string of the molecule is CCCCN(CCCO)C(=O)CN1C[C@H](c2cc(OC)c3c(c2)OCO3)[C@@H](C(=O)O)[C@@H]1CCN1C(=O)CCN(C)C1=O. The summed E-state index contributed by atoms with van der Waals surface area (Å²) in [5, 5.41) is 19.9. The Kier molecular flexibility index (Phi) is 10.5. The zero-order valence-electron chi connectivity index (χ0n) is 24.6. The molecular formula is C29H42N4O9. The van der Waals surface area contributed by atoms with Gasteiger partial charge in [-0.05, 0) is 37.0 Å². The number of methoxy groups -OCH3 is 1. The number of urea groups is 1. The lowest BCUT2D eigenvalue weighted by atomic mass is 9.84. The first-order valence-electron chi connectivity index (χ1n) is 14.6. The Morgan fingerprint density at radius 2 is 1.93 bits per heavy atom. The number of nitrogens with zero attached hydrogens (tertiary/aromatic N) is 4. The number of carbonyl (C=O) groups excluding carboxylic acids is 3. The van der Waals surface area contributed by atoms with E-state index in [1.165, 1.54) is 16.9 Å². The average Bonchev–Trinajstić information content (AvgIpc) is 3.59. The molecule has 2 N–H and O–H groups in total. The van der Waals surface area contributed by atoms with Gasteiger partial charge in [0, 0.05) is 64.8 Å². The standard InChI is InChI=1S/C29H42N4O9/c1-4-5-9-31(10-6-13-34)25(36)17-32-16-20(19-14-22(40-3)27-23(15-19)41-18-42-27)26(28(37)38)21(32)7-12-33-24(35)8-11-30(2)29(33)39/h14-15,20-21,26,34H,4-13,16-18H2,1-3H3,(H,37,38)/t20-,21+,26-/m1/s1. The highest BCUT2D eigenvalue weighted by Gasteiger charge is 2.48. The van der Waals surface area contributed by atoms with Crippen LogP contribution in [0.4, 0.5) is 4.79 Å². The van der Waals surface area contributed by atoms with Crippen LogP contribution in [0.5, 0.6) is 17.2 Å². The highest BCUT2D eigenvalue weighted by atomic mass is 16.7. The first-order chi connectivity index (χ1) is 20.2. The summed E-state index contributed by atoms with van der Waals surface area (Å²) in [7, 11) is 3.13. The van der Waals surface area contributed by atoms with Crippen molar-refractivity contribution in [1.82, 2.24) is 19.6 Å². The van der Waals surface area contributed by atoms with E-state index in [2.05, 4.69) is 0 Å². The average molecular weight is 591 g/mol. The minimum absolute atomic E-state index is 0.0242. The molecule has 232 valence electrons. The first kappa shape index (κ1) is 31.4. The Balaban J connectivity index is 1.64. The smallest absolute Gasteiger partial charge is 0.326 e. The van der Waals surface area contributed by atoms with Gasteiger partial charge in [-0.3, -0.25) is 24.2 Å². The predicted octanol–water partition coefficient (Wildman–Crippen LogP) is 1.58. The first-order valence-corrected chi connectivity index (χ1v) is 14.6. The third kappa shape index (κ3) is 6.73. The molecule has 2 fully saturated rings. The van der Waals surface area contributed by atoms with Crippen LogP contribution in [0.3, 0.4) is 0 Å². The largest absolute Gasteiger partial charge is 0.493 e. The van der Waals surface area contributed by atoms with Gasteiger partial charge < -0.3 is 34.2 Å². The number of ether oxygens (including phenoxy) is 3. The number of carboxylic acid groups (broad SMARTS) is 1. The molecule has 4 amide bonds. The predicted molar refractivity (Wildman–Crippen MR) is 151 cm³/mol. The lowest BCUT2D eigenvalue weighted by Crippen LogP contribution is -2.52. The number of benzene rings is 1. The molecule has 3 atom stereocenters. The molecule has 0 saturated carbocycles. The normalized spacial score (nSPS) is 22.1. The van der Waals surface area contributed by atoms with Crippen molar-refractivity contribution in [2.75, 3.05) is 66.8 Å². The summed E-state index contributed by atoms with van der Waals surface area (Å²) >= 11 is 0. The summed E-state index contributed by atoms with van der Waals surface area (Å²) in [6.07, 6.45) is 2.55. The van der Waals surface area contributed by atoms with Gasteiger partial charge in [0.2, 0.25) is 24.4 Å². The van der Waals surface area contributed by atoms with Crippen molar-refractivity contribution in [3.63, 3.8) is 0 Å². The van der Waals surface area contributed by atoms with Gasteiger partial charge in [-0.15, -0.1) is 0 Å². The lowest BCUT2D eigenvalue weighted by Gasteiger charge is -2.34. The highest BCUT2D eigenvalue weighted by molar-refractivity contribution is 5.96. The summed E-state index contributed by atoms with van der Waals surface area (Å²) in [5.74, 6) is -1.60. The van der Waals surface area contributed by atoms with Crippen molar-refractivity contribution >= 4 is 23.8 Å². The van der Waals surface area contributed by atoms with E-state index in [0.717, 1.165) is 12.8 Å². The Labute approximate surface area is 245 Å². The van der Waals surface area contributed by atoms with Gasteiger partial charge in [0.05, 0.1) is 19.6 Å². The monoisotopic (exact) mass is 590 g/mol. The third-order valence-electron chi connectivity index (χ3n) is 8.37. The lowest BCUT2D eigenvalue weighted by molar-refractivity contribution is -0.144. The quantitative estimate of drug-likeness (QED) is 0.327. The molecule has 2 saturated heterocycles. The van der Waals surface area contributed by atoms with Crippen molar-refractivity contribution in [3.8, 4) is 17.2 Å². The van der Waals surface area contributed by atoms with E-state index >= 15 is 0 Å². The number of aliphatic hydroxyl groups excluding tert-OH is 1. The van der Waals surface area contributed by atoms with Gasteiger partial charge in [-0.1, -0.05) is 13.3 Å². The molecule has 0 aliphatic carbocycles. The summed E-state index contributed by atoms with van der Waals surface area (Å²) in [6, 6.07) is 2.46. The Morgan fingerprint density at radius 3 is 2.62 bits per heavy atom. The molecule has 42 heavy (non-hydrogen) atoms. The van der Waals surface area contributed by atoms with Gasteiger partial charge in [-0.25, -0.2) is 4.79 Å². The molecule has 13 heteroatoms. The van der Waals surface area contributed by atoms with E-state index in [1.54, 1.807) is 24.1 Å². The van der Waals surface area contributed by atoms with Crippen LogP contribution in [-0.2, 0) is 14.4 Å². The number of hydrogen-bond donors (Lipinski definition) is 2. The zero-order valence-corrected chi connectivity index (χ0v) is 24.6. The van der Waals surface area contributed by atoms with E-state index in [1.807, 2.05) is 11.8 Å². The fraction of sp³-hybridized carbons (Fsp3) is 0.655. The molecule has 4 rings (SSSR count). The fourth-order valence-corrected chi connectivity index (χ4v) is 6.09. The Hall–Kier alpha value is -3.58. The zero-order chi connectivity index (χ0) is 30.4. The van der Waals surface area contributed by atoms with Crippen LogP contribution in [0.15, 0.2) is 12.1 Å². The van der Waals surface area contributed by atoms with Crippen molar-refractivity contribution in [2.24, 2.45) is 5.92 Å². The maximum Gasteiger partial charge on any atom is 0.326 e. The Morgan fingerprint density at radius 1 is 1.17 bits per heavy atom. The van der Waals surface area contributed by atoms with Crippen LogP contribution in [0, 0.1) is 5.92 Å². The summed E-state index contributed by atoms with van der Waals surface area (Å²) in [6.45, 7) is 3.59. The third-order valence-corrected chi connectivity index (χ3v) is 8.37. The van der Waals surface area contributed by atoms with Crippen molar-refractivity contribution in [1.29, 1.82) is 0 Å². The summed E-state index contributed by atoms with van der Waals surface area (Å²) in [5.41, 5.74) is 0.677. The van der Waals surface area contributed by atoms with E-state index in [0.29, 0.717) is 48.9 Å². The minimum atomic E-state index is -1.03. The van der Waals surface area contributed by atoms with E-state index < -0.39 is 29.9 Å². The molecule has 1 aromatic rings. The van der Waals surface area contributed by atoms with Gasteiger partial charge in [0.1, 0.15) is 0 Å². The van der Waals surface area contributed by atoms with Crippen LogP contribution in [0.25, 0.3) is 0 Å². The van der Waals surface area contributed by atoms with Crippen LogP contribution in [0.2, 0.25) is 0 Å². The van der Waals surface area contributed by atoms with Crippen LogP contribution in [-0.4, -0.2) is 126 Å². The minimum Gasteiger partial charge on any atom is -0.493 e. The van der Waals surface area contributed by atoms with E-state index in [4.69, 9.17) is 14.2 Å². The second-order valence-electron chi connectivity index (χ2n) is 11.0. The molecule has 0 bridgehead atoms. The molecule has 0 aromatic heterocycles. The van der Waals surface area contributed by atoms with Crippen LogP contribution in [0.1, 0.15) is 50.5 Å². The van der Waals surface area contributed by atoms with Gasteiger partial charge in [-0.2, -0.15) is 0 Å². The van der Waals surface area contributed by atoms with Gasteiger partial charge in [0.25, 0.3) is 0 Å². The second kappa shape index (κ2) is 14.1. The molecular weight excluding hydrogens is 548 g/mol. The maximum atomic E-state index is 13.6. The van der Waals surface area contributed by atoms with Gasteiger partial charge in [0.15, 0.2) is 11.5 Å². The number of likely N-dealkylation sites (tertiary alicyclic amines) is 1. The van der Waals surface area contributed by atoms with E-state index in [9.17, 15) is 29.4 Å². The highest BCUT2D eigenvalue weighted by Crippen LogP contribution is 2.47. The van der Waals surface area contributed by atoms with Crippen LogP contribution < -0.4 is 14.2 Å². The number of hydrogen-bond acceptors (Lipinski definition) is 9. The van der Waals surface area contributed by atoms with E-state index in [-0.39, 0.29) is 57.7 Å². The maximum absolute atomic E-state index is 13.6. The van der Waals surface area contributed by atoms with Crippen molar-refractivity contribution < 1.29 is 43.6 Å². The molecule has 3 heterocycles. The Bertz CT molecular complexity index is 1150. The molecule has 1 aromatic carbocycles. The summed E-state index contributed by atoms with van der Waals surface area (Å²) in [4.78, 5) is 58.0. The molecule has 0 unspecified atom stereocenters. The number of aliphatic carboxylic acids is 1. The molecule has 0 radical (unpaired) electrons. The number of amides is 4. The number of rotatable bonds is 14. The number of carbonyl (C=O) groups is 4. The molecule has 13 nitrogen and oxygen atoms in total. The number of carboxylic acids is 1.